The molecule has 0 aromatic heterocycles. The summed E-state index contributed by atoms with van der Waals surface area (Å²) >= 11 is 0. The average molecular weight is 271 g/mol. The quantitative estimate of drug-likeness (QED) is 0.799. The zero-order valence-electron chi connectivity index (χ0n) is 12.2. The molecule has 1 aliphatic heterocycles. The third-order valence-electron chi connectivity index (χ3n) is 3.88. The topological polar surface area (TPSA) is 75.6 Å². The van der Waals surface area contributed by atoms with Gasteiger partial charge in [0.25, 0.3) is 0 Å². The summed E-state index contributed by atoms with van der Waals surface area (Å²) in [4.78, 5) is 22.5. The highest BCUT2D eigenvalue weighted by atomic mass is 16.5. The fourth-order valence-corrected chi connectivity index (χ4v) is 1.92. The first-order valence-electron chi connectivity index (χ1n) is 6.85. The Labute approximate surface area is 114 Å². The zero-order chi connectivity index (χ0) is 14.6. The van der Waals surface area contributed by atoms with Gasteiger partial charge in [0.1, 0.15) is 0 Å². The molecule has 0 aromatic rings. The largest absolute Gasteiger partial charge is 0.479 e. The van der Waals surface area contributed by atoms with Crippen LogP contribution in [-0.2, 0) is 14.3 Å². The fraction of sp³-hybridized carbons (Fsp3) is 0.857. The lowest BCUT2D eigenvalue weighted by Gasteiger charge is -2.26. The van der Waals surface area contributed by atoms with Gasteiger partial charge in [-0.3, -0.25) is 4.79 Å². The number of hydrogen-bond acceptors (Lipinski definition) is 3. The minimum atomic E-state index is -0.921. The predicted molar refractivity (Wildman–Crippen MR) is 71.8 cm³/mol. The van der Waals surface area contributed by atoms with Crippen molar-refractivity contribution in [3.63, 3.8) is 0 Å². The molecule has 1 aliphatic rings. The Morgan fingerprint density at radius 2 is 2.00 bits per heavy atom. The van der Waals surface area contributed by atoms with E-state index in [9.17, 15) is 9.59 Å². The van der Waals surface area contributed by atoms with Crippen molar-refractivity contribution in [2.45, 2.75) is 59.2 Å². The summed E-state index contributed by atoms with van der Waals surface area (Å²) in [7, 11) is 0. The molecule has 5 nitrogen and oxygen atoms in total. The van der Waals surface area contributed by atoms with E-state index in [2.05, 4.69) is 33.0 Å². The number of carbonyl (C=O) groups excluding carboxylic acids is 1. The molecule has 19 heavy (non-hydrogen) atoms. The Morgan fingerprint density at radius 3 is 2.47 bits per heavy atom. The molecule has 1 amide bonds. The van der Waals surface area contributed by atoms with Crippen LogP contribution in [0.15, 0.2) is 0 Å². The third-order valence-corrected chi connectivity index (χ3v) is 3.88. The molecule has 3 atom stereocenters. The molecular formula is C14H25NO4. The second kappa shape index (κ2) is 6.37. The van der Waals surface area contributed by atoms with Crippen molar-refractivity contribution in [3.8, 4) is 0 Å². The summed E-state index contributed by atoms with van der Waals surface area (Å²) in [6.45, 7) is 8.80. The lowest BCUT2D eigenvalue weighted by molar-refractivity contribution is -0.149. The number of carboxylic acids is 1. The van der Waals surface area contributed by atoms with E-state index in [0.717, 1.165) is 0 Å². The van der Waals surface area contributed by atoms with E-state index < -0.39 is 12.1 Å². The lowest BCUT2D eigenvalue weighted by atomic mass is 9.80. The first-order valence-corrected chi connectivity index (χ1v) is 6.85. The van der Waals surface area contributed by atoms with Gasteiger partial charge in [0.2, 0.25) is 5.91 Å². The van der Waals surface area contributed by atoms with Crippen molar-refractivity contribution in [1.29, 1.82) is 0 Å². The number of ether oxygens (including phenoxy) is 1. The molecule has 1 fully saturated rings. The smallest absolute Gasteiger partial charge is 0.332 e. The van der Waals surface area contributed by atoms with E-state index in [1.165, 1.54) is 0 Å². The van der Waals surface area contributed by atoms with E-state index >= 15 is 0 Å². The van der Waals surface area contributed by atoms with Gasteiger partial charge in [0.05, 0.1) is 6.10 Å². The number of hydrogen-bond donors (Lipinski definition) is 2. The maximum absolute atomic E-state index is 11.8. The highest BCUT2D eigenvalue weighted by Gasteiger charge is 2.30. The van der Waals surface area contributed by atoms with Crippen molar-refractivity contribution in [1.82, 2.24) is 5.32 Å². The van der Waals surface area contributed by atoms with Gasteiger partial charge in [0.15, 0.2) is 6.10 Å². The highest BCUT2D eigenvalue weighted by molar-refractivity contribution is 5.76. The van der Waals surface area contributed by atoms with Gasteiger partial charge in [-0.05, 0) is 24.2 Å². The Bertz CT molecular complexity index is 335. The van der Waals surface area contributed by atoms with Gasteiger partial charge in [-0.2, -0.15) is 0 Å². The standard InChI is InChI=1S/C14H25NO4/c1-9(14(2,3)4)7-12(16)15-8-10-5-6-11(19-10)13(17)18/h9-11H,5-8H2,1-4H3,(H,15,16)(H,17,18). The van der Waals surface area contributed by atoms with E-state index in [-0.39, 0.29) is 17.4 Å². The fourth-order valence-electron chi connectivity index (χ4n) is 1.92. The first-order chi connectivity index (χ1) is 8.70. The van der Waals surface area contributed by atoms with Gasteiger partial charge in [-0.15, -0.1) is 0 Å². The lowest BCUT2D eigenvalue weighted by Crippen LogP contribution is -2.35. The van der Waals surface area contributed by atoms with Crippen LogP contribution in [0.25, 0.3) is 0 Å². The maximum atomic E-state index is 11.8. The van der Waals surface area contributed by atoms with Crippen molar-refractivity contribution in [2.24, 2.45) is 11.3 Å². The molecule has 0 spiro atoms. The molecule has 0 aliphatic carbocycles. The number of carboxylic acid groups (broad SMARTS) is 1. The molecule has 110 valence electrons. The molecule has 3 unspecified atom stereocenters. The monoisotopic (exact) mass is 271 g/mol. The van der Waals surface area contributed by atoms with Crippen LogP contribution in [0.5, 0.6) is 0 Å². The molecule has 0 radical (unpaired) electrons. The molecule has 0 bridgehead atoms. The van der Waals surface area contributed by atoms with E-state index in [4.69, 9.17) is 9.84 Å². The molecule has 1 saturated heterocycles. The van der Waals surface area contributed by atoms with Gasteiger partial charge in [-0.25, -0.2) is 4.79 Å². The van der Waals surface area contributed by atoms with Crippen LogP contribution in [-0.4, -0.2) is 35.7 Å². The number of nitrogens with one attached hydrogen (secondary N) is 1. The van der Waals surface area contributed by atoms with E-state index in [0.29, 0.717) is 31.7 Å². The van der Waals surface area contributed by atoms with Crippen molar-refractivity contribution in [3.05, 3.63) is 0 Å². The number of aliphatic carboxylic acids is 1. The van der Waals surface area contributed by atoms with E-state index in [1.54, 1.807) is 0 Å². The van der Waals surface area contributed by atoms with Gasteiger partial charge in [0, 0.05) is 13.0 Å². The van der Waals surface area contributed by atoms with Crippen LogP contribution in [0, 0.1) is 11.3 Å². The summed E-state index contributed by atoms with van der Waals surface area (Å²) in [5, 5.41) is 11.6. The summed E-state index contributed by atoms with van der Waals surface area (Å²) in [6.07, 6.45) is 0.809. The molecule has 0 saturated carbocycles. The summed E-state index contributed by atoms with van der Waals surface area (Å²) < 4.78 is 5.33. The molecule has 1 rings (SSSR count). The van der Waals surface area contributed by atoms with Crippen LogP contribution in [0.3, 0.4) is 0 Å². The average Bonchev–Trinajstić information content (AvgIpc) is 2.73. The van der Waals surface area contributed by atoms with Crippen LogP contribution < -0.4 is 5.32 Å². The maximum Gasteiger partial charge on any atom is 0.332 e. The van der Waals surface area contributed by atoms with Crippen LogP contribution in [0.4, 0.5) is 0 Å². The number of carbonyl (C=O) groups is 2. The van der Waals surface area contributed by atoms with E-state index in [1.807, 2.05) is 0 Å². The Hall–Kier alpha value is -1.10. The number of rotatable bonds is 5. The summed E-state index contributed by atoms with van der Waals surface area (Å²) in [6, 6.07) is 0. The van der Waals surface area contributed by atoms with Gasteiger partial charge >= 0.3 is 5.97 Å². The number of amides is 1. The second-order valence-electron chi connectivity index (χ2n) is 6.44. The van der Waals surface area contributed by atoms with Gasteiger partial charge < -0.3 is 15.2 Å². The second-order valence-corrected chi connectivity index (χ2v) is 6.44. The normalized spacial score (nSPS) is 25.1. The van der Waals surface area contributed by atoms with Crippen molar-refractivity contribution >= 4 is 11.9 Å². The SMILES string of the molecule is CC(CC(=O)NCC1CCC(C(=O)O)O1)C(C)(C)C. The third kappa shape index (κ3) is 5.19. The Kier molecular flexibility index (Phi) is 5.35. The Balaban J connectivity index is 2.26. The Morgan fingerprint density at radius 1 is 1.37 bits per heavy atom. The first kappa shape index (κ1) is 16.0. The predicted octanol–water partition coefficient (Wildman–Crippen LogP) is 1.81. The minimum absolute atomic E-state index is 0.00444. The van der Waals surface area contributed by atoms with Gasteiger partial charge in [-0.1, -0.05) is 27.7 Å². The van der Waals surface area contributed by atoms with Crippen LogP contribution >= 0.6 is 0 Å². The zero-order valence-corrected chi connectivity index (χ0v) is 12.2. The molecule has 1 heterocycles. The van der Waals surface area contributed by atoms with Crippen LogP contribution in [0.1, 0.15) is 47.0 Å². The molecule has 2 N–H and O–H groups in total. The molecular weight excluding hydrogens is 246 g/mol. The highest BCUT2D eigenvalue weighted by Crippen LogP contribution is 2.27. The minimum Gasteiger partial charge on any atom is -0.479 e. The van der Waals surface area contributed by atoms with Crippen molar-refractivity contribution < 1.29 is 19.4 Å². The van der Waals surface area contributed by atoms with Crippen molar-refractivity contribution in [2.75, 3.05) is 6.54 Å². The molecule has 5 heteroatoms. The summed E-state index contributed by atoms with van der Waals surface area (Å²) in [5.74, 6) is -0.622. The van der Waals surface area contributed by atoms with Crippen LogP contribution in [0.2, 0.25) is 0 Å². The molecule has 0 aromatic carbocycles. The summed E-state index contributed by atoms with van der Waals surface area (Å²) in [5.41, 5.74) is 0.107.